The maximum absolute atomic E-state index is 11.6. The third-order valence-corrected chi connectivity index (χ3v) is 4.29. The first-order valence-electron chi connectivity index (χ1n) is 9.63. The van der Waals surface area contributed by atoms with E-state index in [0.717, 1.165) is 17.7 Å². The monoisotopic (exact) mass is 351 g/mol. The van der Waals surface area contributed by atoms with E-state index in [9.17, 15) is 4.79 Å². The van der Waals surface area contributed by atoms with Crippen molar-refractivity contribution in [3.05, 3.63) is 65.2 Å². The smallest absolute Gasteiger partial charge is 0.338 e. The van der Waals surface area contributed by atoms with Crippen LogP contribution in [0, 0.1) is 0 Å². The van der Waals surface area contributed by atoms with Gasteiger partial charge in [0.25, 0.3) is 0 Å². The summed E-state index contributed by atoms with van der Waals surface area (Å²) >= 11 is 0. The number of benzene rings is 2. The highest BCUT2D eigenvalue weighted by atomic mass is 16.5. The highest BCUT2D eigenvalue weighted by Gasteiger charge is 2.04. The van der Waals surface area contributed by atoms with Crippen molar-refractivity contribution in [3.63, 3.8) is 0 Å². The molecule has 2 aromatic carbocycles. The molecule has 26 heavy (non-hydrogen) atoms. The van der Waals surface area contributed by atoms with Crippen molar-refractivity contribution >= 4 is 17.9 Å². The zero-order valence-electron chi connectivity index (χ0n) is 15.9. The van der Waals surface area contributed by atoms with Crippen LogP contribution in [0.5, 0.6) is 0 Å². The van der Waals surface area contributed by atoms with Crippen LogP contribution >= 0.6 is 0 Å². The number of carbonyl (C=O) groups is 1. The molecule has 0 radical (unpaired) electrons. The van der Waals surface area contributed by atoms with Gasteiger partial charge >= 0.3 is 5.97 Å². The van der Waals surface area contributed by atoms with Gasteiger partial charge in [0.15, 0.2) is 0 Å². The predicted octanol–water partition coefficient (Wildman–Crippen LogP) is 6.13. The van der Waals surface area contributed by atoms with E-state index in [-0.39, 0.29) is 5.97 Å². The van der Waals surface area contributed by atoms with Crippen LogP contribution < -0.4 is 0 Å². The Labute approximate surface area is 157 Å². The first-order valence-corrected chi connectivity index (χ1v) is 9.63. The average molecular weight is 351 g/mol. The SMILES string of the molecule is CCCCCCCc1ccc(C=Nc2ccc(C(=O)OCC)cc2)cc1. The second-order valence-corrected chi connectivity index (χ2v) is 6.43. The zero-order chi connectivity index (χ0) is 18.6. The van der Waals surface area contributed by atoms with E-state index in [1.54, 1.807) is 19.1 Å². The van der Waals surface area contributed by atoms with Crippen molar-refractivity contribution in [2.45, 2.75) is 52.4 Å². The van der Waals surface area contributed by atoms with Crippen molar-refractivity contribution in [3.8, 4) is 0 Å². The third-order valence-electron chi connectivity index (χ3n) is 4.29. The minimum atomic E-state index is -0.298. The molecule has 0 saturated carbocycles. The lowest BCUT2D eigenvalue weighted by Crippen LogP contribution is -2.03. The predicted molar refractivity (Wildman–Crippen MR) is 109 cm³/mol. The molecule has 138 valence electrons. The summed E-state index contributed by atoms with van der Waals surface area (Å²) in [7, 11) is 0. The summed E-state index contributed by atoms with van der Waals surface area (Å²) in [6, 6.07) is 15.7. The lowest BCUT2D eigenvalue weighted by atomic mass is 10.0. The van der Waals surface area contributed by atoms with Crippen LogP contribution in [0.2, 0.25) is 0 Å². The Morgan fingerprint density at radius 2 is 1.62 bits per heavy atom. The highest BCUT2D eigenvalue weighted by molar-refractivity contribution is 5.90. The number of carbonyl (C=O) groups excluding carboxylic acids is 1. The van der Waals surface area contributed by atoms with E-state index in [0.29, 0.717) is 12.2 Å². The van der Waals surface area contributed by atoms with Crippen LogP contribution in [0.25, 0.3) is 0 Å². The molecule has 2 rings (SSSR count). The molecule has 0 heterocycles. The fourth-order valence-electron chi connectivity index (χ4n) is 2.75. The Kier molecular flexibility index (Phi) is 8.61. The Hall–Kier alpha value is -2.42. The summed E-state index contributed by atoms with van der Waals surface area (Å²) in [6.45, 7) is 4.43. The van der Waals surface area contributed by atoms with Crippen LogP contribution in [0.3, 0.4) is 0 Å². The topological polar surface area (TPSA) is 38.7 Å². The number of unbranched alkanes of at least 4 members (excludes halogenated alkanes) is 4. The number of hydrogen-bond donors (Lipinski definition) is 0. The van der Waals surface area contributed by atoms with Gasteiger partial charge in [-0.2, -0.15) is 0 Å². The molecule has 0 aliphatic carbocycles. The molecule has 0 spiro atoms. The second-order valence-electron chi connectivity index (χ2n) is 6.43. The fourth-order valence-corrected chi connectivity index (χ4v) is 2.75. The van der Waals surface area contributed by atoms with Gasteiger partial charge in [0.1, 0.15) is 0 Å². The van der Waals surface area contributed by atoms with Crippen molar-refractivity contribution in [1.82, 2.24) is 0 Å². The molecule has 2 aromatic rings. The summed E-state index contributed by atoms with van der Waals surface area (Å²) in [4.78, 5) is 16.1. The molecule has 0 amide bonds. The number of hydrogen-bond acceptors (Lipinski definition) is 3. The number of nitrogens with zero attached hydrogens (tertiary/aromatic N) is 1. The number of esters is 1. The largest absolute Gasteiger partial charge is 0.462 e. The van der Waals surface area contributed by atoms with Crippen LogP contribution in [0.4, 0.5) is 5.69 Å². The zero-order valence-corrected chi connectivity index (χ0v) is 15.9. The van der Waals surface area contributed by atoms with Crippen LogP contribution in [-0.2, 0) is 11.2 Å². The molecule has 0 aliphatic rings. The highest BCUT2D eigenvalue weighted by Crippen LogP contribution is 2.15. The minimum absolute atomic E-state index is 0.298. The van der Waals surface area contributed by atoms with Gasteiger partial charge in [-0.3, -0.25) is 4.99 Å². The fraction of sp³-hybridized carbons (Fsp3) is 0.391. The molecule has 0 bridgehead atoms. The standard InChI is InChI=1S/C23H29NO2/c1-3-5-6-7-8-9-19-10-12-20(13-11-19)18-24-22-16-14-21(15-17-22)23(25)26-4-2/h10-18H,3-9H2,1-2H3. The Balaban J connectivity index is 1.85. The van der Waals surface area contributed by atoms with Gasteiger partial charge in [0.05, 0.1) is 17.9 Å². The summed E-state index contributed by atoms with van der Waals surface area (Å²) < 4.78 is 4.98. The first kappa shape index (κ1) is 19.9. The van der Waals surface area contributed by atoms with E-state index in [1.807, 2.05) is 18.3 Å². The van der Waals surface area contributed by atoms with Crippen molar-refractivity contribution in [2.24, 2.45) is 4.99 Å². The molecule has 3 heteroatoms. The molecule has 0 fully saturated rings. The lowest BCUT2D eigenvalue weighted by Gasteiger charge is -2.03. The average Bonchev–Trinajstić information content (AvgIpc) is 2.68. The number of ether oxygens (including phenoxy) is 1. The number of aliphatic imine (C=N–C) groups is 1. The molecular weight excluding hydrogens is 322 g/mol. The van der Waals surface area contributed by atoms with E-state index < -0.39 is 0 Å². The summed E-state index contributed by atoms with van der Waals surface area (Å²) in [5.74, 6) is -0.298. The van der Waals surface area contributed by atoms with E-state index in [1.165, 1.54) is 37.7 Å². The molecule has 3 nitrogen and oxygen atoms in total. The van der Waals surface area contributed by atoms with Crippen molar-refractivity contribution in [1.29, 1.82) is 0 Å². The molecule has 0 atom stereocenters. The molecule has 0 N–H and O–H groups in total. The van der Waals surface area contributed by atoms with Crippen molar-refractivity contribution < 1.29 is 9.53 Å². The quantitative estimate of drug-likeness (QED) is 0.293. The van der Waals surface area contributed by atoms with E-state index in [4.69, 9.17) is 4.74 Å². The van der Waals surface area contributed by atoms with Crippen LogP contribution in [0.1, 0.15) is 67.4 Å². The molecule has 0 aliphatic heterocycles. The van der Waals surface area contributed by atoms with Gasteiger partial charge in [-0.05, 0) is 55.2 Å². The summed E-state index contributed by atoms with van der Waals surface area (Å²) in [5.41, 5.74) is 3.83. The van der Waals surface area contributed by atoms with Gasteiger partial charge in [-0.15, -0.1) is 0 Å². The van der Waals surface area contributed by atoms with Crippen LogP contribution in [-0.4, -0.2) is 18.8 Å². The maximum atomic E-state index is 11.6. The second kappa shape index (κ2) is 11.2. The molecular formula is C23H29NO2. The molecule has 0 saturated heterocycles. The third kappa shape index (κ3) is 6.83. The van der Waals surface area contributed by atoms with Gasteiger partial charge in [-0.25, -0.2) is 4.79 Å². The number of rotatable bonds is 10. The van der Waals surface area contributed by atoms with Gasteiger partial charge < -0.3 is 4.74 Å². The lowest BCUT2D eigenvalue weighted by molar-refractivity contribution is 0.0526. The Morgan fingerprint density at radius 1 is 0.923 bits per heavy atom. The Bertz CT molecular complexity index is 687. The molecule has 0 unspecified atom stereocenters. The Morgan fingerprint density at radius 3 is 2.27 bits per heavy atom. The summed E-state index contributed by atoms with van der Waals surface area (Å²) in [6.07, 6.45) is 9.56. The minimum Gasteiger partial charge on any atom is -0.462 e. The van der Waals surface area contributed by atoms with Crippen LogP contribution in [0.15, 0.2) is 53.5 Å². The van der Waals surface area contributed by atoms with Gasteiger partial charge in [-0.1, -0.05) is 56.9 Å². The first-order chi connectivity index (χ1) is 12.7. The number of aryl methyl sites for hydroxylation is 1. The molecule has 0 aromatic heterocycles. The van der Waals surface area contributed by atoms with Gasteiger partial charge in [0, 0.05) is 6.21 Å². The summed E-state index contributed by atoms with van der Waals surface area (Å²) in [5, 5.41) is 0. The van der Waals surface area contributed by atoms with E-state index >= 15 is 0 Å². The maximum Gasteiger partial charge on any atom is 0.338 e. The van der Waals surface area contributed by atoms with Crippen molar-refractivity contribution in [2.75, 3.05) is 6.61 Å². The van der Waals surface area contributed by atoms with E-state index in [2.05, 4.69) is 36.2 Å². The van der Waals surface area contributed by atoms with Gasteiger partial charge in [0.2, 0.25) is 0 Å². The normalized spacial score (nSPS) is 11.0.